The largest absolute Gasteiger partial charge is 0.343 e. The lowest BCUT2D eigenvalue weighted by Gasteiger charge is -2.38. The van der Waals surface area contributed by atoms with Crippen LogP contribution in [0.1, 0.15) is 32.6 Å². The Bertz CT molecular complexity index is 543. The van der Waals surface area contributed by atoms with Gasteiger partial charge in [-0.1, -0.05) is 0 Å². The molecule has 3 atom stereocenters. The van der Waals surface area contributed by atoms with Crippen LogP contribution in [0.15, 0.2) is 11.6 Å². The molecule has 0 unspecified atom stereocenters. The molecular weight excluding hydrogens is 308 g/mol. The molecule has 3 saturated heterocycles. The second kappa shape index (κ2) is 6.40. The summed E-state index contributed by atoms with van der Waals surface area (Å²) in [7, 11) is 0. The highest BCUT2D eigenvalue weighted by Crippen LogP contribution is 2.40. The summed E-state index contributed by atoms with van der Waals surface area (Å²) in [6.07, 6.45) is 6.89. The van der Waals surface area contributed by atoms with Gasteiger partial charge in [-0.05, 0) is 44.7 Å². The van der Waals surface area contributed by atoms with Crippen LogP contribution >= 0.6 is 11.3 Å². The third kappa shape index (κ3) is 2.98. The van der Waals surface area contributed by atoms with E-state index in [0.717, 1.165) is 26.1 Å². The molecule has 5 nitrogen and oxygen atoms in total. The molecule has 0 N–H and O–H groups in total. The van der Waals surface area contributed by atoms with Gasteiger partial charge in [0, 0.05) is 50.2 Å². The molecule has 23 heavy (non-hydrogen) atoms. The summed E-state index contributed by atoms with van der Waals surface area (Å²) in [5.74, 6) is 0.830. The molecule has 3 fully saturated rings. The topological polar surface area (TPSA) is 39.7 Å². The molecule has 1 aromatic heterocycles. The molecule has 4 rings (SSSR count). The van der Waals surface area contributed by atoms with Crippen molar-refractivity contribution in [1.29, 1.82) is 0 Å². The maximum atomic E-state index is 11.8. The van der Waals surface area contributed by atoms with Gasteiger partial charge >= 0.3 is 0 Å². The van der Waals surface area contributed by atoms with Crippen molar-refractivity contribution in [1.82, 2.24) is 14.8 Å². The number of anilines is 1. The minimum atomic E-state index is 0.229. The van der Waals surface area contributed by atoms with Gasteiger partial charge in [-0.25, -0.2) is 4.98 Å². The number of thiazole rings is 1. The Hall–Kier alpha value is -1.14. The van der Waals surface area contributed by atoms with E-state index in [0.29, 0.717) is 18.0 Å². The Morgan fingerprint density at radius 1 is 1.35 bits per heavy atom. The van der Waals surface area contributed by atoms with Crippen LogP contribution in [-0.4, -0.2) is 65.5 Å². The lowest BCUT2D eigenvalue weighted by Crippen LogP contribution is -2.49. The van der Waals surface area contributed by atoms with E-state index in [1.54, 1.807) is 18.3 Å². The van der Waals surface area contributed by atoms with Gasteiger partial charge in [-0.15, -0.1) is 11.3 Å². The number of hydrogen-bond donors (Lipinski definition) is 0. The fourth-order valence-electron chi connectivity index (χ4n) is 4.70. The van der Waals surface area contributed by atoms with E-state index < -0.39 is 0 Å². The first-order chi connectivity index (χ1) is 11.2. The predicted molar refractivity (Wildman–Crippen MR) is 92.8 cm³/mol. The number of carbonyl (C=O) groups is 1. The smallest absolute Gasteiger partial charge is 0.219 e. The van der Waals surface area contributed by atoms with Crippen molar-refractivity contribution in [3.63, 3.8) is 0 Å². The van der Waals surface area contributed by atoms with Gasteiger partial charge < -0.3 is 14.7 Å². The molecule has 6 heteroatoms. The van der Waals surface area contributed by atoms with E-state index in [1.807, 2.05) is 11.1 Å². The second-order valence-corrected chi connectivity index (χ2v) is 8.07. The van der Waals surface area contributed by atoms with Gasteiger partial charge in [0.1, 0.15) is 0 Å². The number of piperidine rings is 1. The summed E-state index contributed by atoms with van der Waals surface area (Å²) in [6.45, 7) is 7.18. The molecule has 4 heterocycles. The molecule has 3 aliphatic heterocycles. The fourth-order valence-corrected chi connectivity index (χ4v) is 5.48. The lowest BCUT2D eigenvalue weighted by atomic mass is 9.92. The molecule has 0 bridgehead atoms. The summed E-state index contributed by atoms with van der Waals surface area (Å²) in [6, 6.07) is 1.12. The van der Waals surface area contributed by atoms with E-state index >= 15 is 0 Å². The standard InChI is InChI=1S/C17H26N4OS/c1-13(22)20-8-4-16-14(11-20)10-15(12-19-6-2-3-7-19)21(16)17-18-5-9-23-17/h5,9,14-16H,2-4,6-8,10-12H2,1H3/t14-,15+,16+/m1/s1. The number of carbonyl (C=O) groups excluding carboxylic acids is 1. The van der Waals surface area contributed by atoms with Crippen molar-refractivity contribution in [3.05, 3.63) is 11.6 Å². The zero-order valence-corrected chi connectivity index (χ0v) is 14.7. The summed E-state index contributed by atoms with van der Waals surface area (Å²) >= 11 is 1.76. The molecule has 3 aliphatic rings. The van der Waals surface area contributed by atoms with Crippen LogP contribution in [0.5, 0.6) is 0 Å². The van der Waals surface area contributed by atoms with Crippen LogP contribution in [0, 0.1) is 5.92 Å². The van der Waals surface area contributed by atoms with E-state index in [2.05, 4.69) is 20.2 Å². The van der Waals surface area contributed by atoms with Gasteiger partial charge in [0.05, 0.1) is 0 Å². The second-order valence-electron chi connectivity index (χ2n) is 7.20. The van der Waals surface area contributed by atoms with Crippen LogP contribution < -0.4 is 4.90 Å². The zero-order valence-electron chi connectivity index (χ0n) is 13.9. The molecule has 0 radical (unpaired) electrons. The zero-order chi connectivity index (χ0) is 15.8. The first kappa shape index (κ1) is 15.4. The molecule has 0 spiro atoms. The number of aromatic nitrogens is 1. The van der Waals surface area contributed by atoms with Crippen LogP contribution in [0.2, 0.25) is 0 Å². The number of fused-ring (bicyclic) bond motifs is 1. The highest BCUT2D eigenvalue weighted by atomic mass is 32.1. The maximum absolute atomic E-state index is 11.8. The van der Waals surface area contributed by atoms with Crippen molar-refractivity contribution in [2.45, 2.75) is 44.7 Å². The summed E-state index contributed by atoms with van der Waals surface area (Å²) in [5, 5.41) is 3.26. The SMILES string of the molecule is CC(=O)N1CC[C@H]2[C@H](C[C@@H](CN3CCCC3)N2c2nccs2)C1. The van der Waals surface area contributed by atoms with E-state index in [-0.39, 0.29) is 5.91 Å². The van der Waals surface area contributed by atoms with Gasteiger partial charge in [-0.2, -0.15) is 0 Å². The van der Waals surface area contributed by atoms with Crippen molar-refractivity contribution in [3.8, 4) is 0 Å². The third-order valence-corrected chi connectivity index (χ3v) is 6.56. The van der Waals surface area contributed by atoms with Crippen molar-refractivity contribution in [2.75, 3.05) is 37.6 Å². The first-order valence-corrected chi connectivity index (χ1v) is 9.76. The van der Waals surface area contributed by atoms with Crippen LogP contribution in [0.3, 0.4) is 0 Å². The molecule has 0 aliphatic carbocycles. The number of rotatable bonds is 3. The summed E-state index contributed by atoms with van der Waals surface area (Å²) in [5.41, 5.74) is 0. The summed E-state index contributed by atoms with van der Waals surface area (Å²) in [4.78, 5) is 23.6. The minimum absolute atomic E-state index is 0.229. The molecule has 0 aromatic carbocycles. The minimum Gasteiger partial charge on any atom is -0.343 e. The molecule has 1 amide bonds. The first-order valence-electron chi connectivity index (χ1n) is 8.88. The Balaban J connectivity index is 1.53. The average Bonchev–Trinajstić information content (AvgIpc) is 3.26. The van der Waals surface area contributed by atoms with Crippen molar-refractivity contribution >= 4 is 22.4 Å². The van der Waals surface area contributed by atoms with E-state index in [1.165, 1.54) is 37.5 Å². The fraction of sp³-hybridized carbons (Fsp3) is 0.765. The maximum Gasteiger partial charge on any atom is 0.219 e. The van der Waals surface area contributed by atoms with E-state index in [4.69, 9.17) is 0 Å². The number of amides is 1. The summed E-state index contributed by atoms with van der Waals surface area (Å²) < 4.78 is 0. The van der Waals surface area contributed by atoms with Crippen LogP contribution in [-0.2, 0) is 4.79 Å². The van der Waals surface area contributed by atoms with Crippen molar-refractivity contribution in [2.24, 2.45) is 5.92 Å². The van der Waals surface area contributed by atoms with Crippen molar-refractivity contribution < 1.29 is 4.79 Å². The number of likely N-dealkylation sites (tertiary alicyclic amines) is 2. The average molecular weight is 334 g/mol. The lowest BCUT2D eigenvalue weighted by molar-refractivity contribution is -0.130. The molecular formula is C17H26N4OS. The van der Waals surface area contributed by atoms with Gasteiger partial charge in [0.2, 0.25) is 5.91 Å². The van der Waals surface area contributed by atoms with Gasteiger partial charge in [0.25, 0.3) is 0 Å². The molecule has 126 valence electrons. The van der Waals surface area contributed by atoms with Crippen LogP contribution in [0.25, 0.3) is 0 Å². The number of hydrogen-bond acceptors (Lipinski definition) is 5. The highest BCUT2D eigenvalue weighted by molar-refractivity contribution is 7.13. The van der Waals surface area contributed by atoms with Gasteiger partial charge in [0.15, 0.2) is 5.13 Å². The Labute approximate surface area is 142 Å². The Kier molecular flexibility index (Phi) is 4.28. The Morgan fingerprint density at radius 3 is 2.87 bits per heavy atom. The van der Waals surface area contributed by atoms with E-state index in [9.17, 15) is 4.79 Å². The van der Waals surface area contributed by atoms with Crippen LogP contribution in [0.4, 0.5) is 5.13 Å². The highest BCUT2D eigenvalue weighted by Gasteiger charge is 2.45. The third-order valence-electron chi connectivity index (χ3n) is 5.77. The normalized spacial score (nSPS) is 31.6. The Morgan fingerprint density at radius 2 is 2.17 bits per heavy atom. The number of nitrogens with zero attached hydrogens (tertiary/aromatic N) is 4. The predicted octanol–water partition coefficient (Wildman–Crippen LogP) is 2.05. The monoisotopic (exact) mass is 334 g/mol. The van der Waals surface area contributed by atoms with Gasteiger partial charge in [-0.3, -0.25) is 4.79 Å². The molecule has 1 aromatic rings. The quantitative estimate of drug-likeness (QED) is 0.848. The molecule has 0 saturated carbocycles.